The molecule has 2 aromatic rings. The summed E-state index contributed by atoms with van der Waals surface area (Å²) in [6, 6.07) is 5.04. The molecule has 1 aromatic carbocycles. The molecule has 0 atom stereocenters. The first kappa shape index (κ1) is 11.9. The molecule has 0 radical (unpaired) electrons. The van der Waals surface area contributed by atoms with E-state index < -0.39 is 0 Å². The third kappa shape index (κ3) is 2.24. The molecule has 0 fully saturated rings. The summed E-state index contributed by atoms with van der Waals surface area (Å²) in [5.74, 6) is 0.688. The molecule has 0 saturated heterocycles. The summed E-state index contributed by atoms with van der Waals surface area (Å²) in [5, 5.41) is 3.06. The van der Waals surface area contributed by atoms with Crippen molar-refractivity contribution in [2.24, 2.45) is 0 Å². The molecule has 0 aliphatic carbocycles. The van der Waals surface area contributed by atoms with Gasteiger partial charge >= 0.3 is 0 Å². The molecule has 1 aromatic heterocycles. The Bertz CT molecular complexity index is 508. The first-order valence-electron chi connectivity index (χ1n) is 5.61. The van der Waals surface area contributed by atoms with Gasteiger partial charge in [0.15, 0.2) is 0 Å². The second kappa shape index (κ2) is 4.72. The van der Waals surface area contributed by atoms with Crippen LogP contribution in [0.5, 0.6) is 0 Å². The van der Waals surface area contributed by atoms with Crippen molar-refractivity contribution < 1.29 is 8.81 Å². The van der Waals surface area contributed by atoms with E-state index in [2.05, 4.69) is 5.32 Å². The Kier molecular flexibility index (Phi) is 3.29. The maximum absolute atomic E-state index is 13.3. The zero-order chi connectivity index (χ0) is 12.4. The number of rotatable bonds is 3. The second-order valence-corrected chi connectivity index (χ2v) is 4.20. The van der Waals surface area contributed by atoms with Crippen LogP contribution in [0.4, 0.5) is 4.39 Å². The quantitative estimate of drug-likeness (QED) is 0.878. The van der Waals surface area contributed by atoms with E-state index in [1.807, 2.05) is 27.0 Å². The fourth-order valence-corrected chi connectivity index (χ4v) is 2.20. The van der Waals surface area contributed by atoms with E-state index in [-0.39, 0.29) is 5.82 Å². The van der Waals surface area contributed by atoms with E-state index in [0.717, 1.165) is 28.0 Å². The predicted octanol–water partition coefficient (Wildman–Crippen LogP) is 3.42. The fourth-order valence-electron chi connectivity index (χ4n) is 2.20. The Balaban J connectivity index is 2.56. The third-order valence-electron chi connectivity index (χ3n) is 2.85. The largest absolute Gasteiger partial charge is 0.467 e. The Morgan fingerprint density at radius 2 is 1.88 bits per heavy atom. The van der Waals surface area contributed by atoms with Gasteiger partial charge in [0.2, 0.25) is 0 Å². The molecular weight excluding hydrogens is 217 g/mol. The van der Waals surface area contributed by atoms with E-state index >= 15 is 0 Å². The first-order valence-corrected chi connectivity index (χ1v) is 5.61. The van der Waals surface area contributed by atoms with E-state index in [1.54, 1.807) is 18.4 Å². The molecule has 0 bridgehead atoms. The summed E-state index contributed by atoms with van der Waals surface area (Å²) >= 11 is 0. The van der Waals surface area contributed by atoms with Crippen LogP contribution in [0.2, 0.25) is 0 Å². The fraction of sp³-hybridized carbons (Fsp3) is 0.286. The highest BCUT2D eigenvalue weighted by Gasteiger charge is 2.13. The van der Waals surface area contributed by atoms with Crippen molar-refractivity contribution >= 4 is 0 Å². The number of aryl methyl sites for hydroxylation is 2. The van der Waals surface area contributed by atoms with Gasteiger partial charge in [-0.1, -0.05) is 0 Å². The second-order valence-electron chi connectivity index (χ2n) is 4.20. The van der Waals surface area contributed by atoms with E-state index in [9.17, 15) is 4.39 Å². The highest BCUT2D eigenvalue weighted by atomic mass is 19.1. The molecule has 0 unspecified atom stereocenters. The van der Waals surface area contributed by atoms with Gasteiger partial charge in [0.05, 0.1) is 12.8 Å². The standard InChI is InChI=1S/C14H16FNO/c1-9-6-11(15)7-10(2)14(9)12-4-5-17-13(12)8-16-3/h4-7,16H,8H2,1-3H3. The number of hydrogen-bond donors (Lipinski definition) is 1. The molecule has 1 heterocycles. The van der Waals surface area contributed by atoms with Crippen molar-refractivity contribution in [1.29, 1.82) is 0 Å². The third-order valence-corrected chi connectivity index (χ3v) is 2.85. The van der Waals surface area contributed by atoms with Crippen molar-refractivity contribution in [1.82, 2.24) is 5.32 Å². The normalized spacial score (nSPS) is 10.8. The van der Waals surface area contributed by atoms with Crippen LogP contribution in [0.3, 0.4) is 0 Å². The molecule has 0 spiro atoms. The van der Waals surface area contributed by atoms with Gasteiger partial charge in [0, 0.05) is 5.56 Å². The van der Waals surface area contributed by atoms with Gasteiger partial charge in [-0.15, -0.1) is 0 Å². The van der Waals surface area contributed by atoms with Crippen molar-refractivity contribution in [3.05, 3.63) is 47.2 Å². The molecule has 2 nitrogen and oxygen atoms in total. The minimum Gasteiger partial charge on any atom is -0.467 e. The topological polar surface area (TPSA) is 25.2 Å². The molecule has 0 aliphatic heterocycles. The molecule has 2 rings (SSSR count). The number of benzene rings is 1. The molecule has 0 aliphatic rings. The lowest BCUT2D eigenvalue weighted by atomic mass is 9.96. The van der Waals surface area contributed by atoms with Crippen LogP contribution >= 0.6 is 0 Å². The Morgan fingerprint density at radius 1 is 1.24 bits per heavy atom. The van der Waals surface area contributed by atoms with Gasteiger partial charge in [-0.3, -0.25) is 0 Å². The van der Waals surface area contributed by atoms with Crippen LogP contribution in [0.1, 0.15) is 16.9 Å². The molecule has 1 N–H and O–H groups in total. The zero-order valence-corrected chi connectivity index (χ0v) is 10.3. The van der Waals surface area contributed by atoms with Crippen LogP contribution in [0.15, 0.2) is 28.9 Å². The molecular formula is C14H16FNO. The van der Waals surface area contributed by atoms with Gasteiger partial charge < -0.3 is 9.73 Å². The highest BCUT2D eigenvalue weighted by Crippen LogP contribution is 2.31. The summed E-state index contributed by atoms with van der Waals surface area (Å²) in [4.78, 5) is 0. The van der Waals surface area contributed by atoms with Crippen LogP contribution < -0.4 is 5.32 Å². The van der Waals surface area contributed by atoms with Crippen molar-refractivity contribution in [3.8, 4) is 11.1 Å². The average Bonchev–Trinajstić information content (AvgIpc) is 2.65. The van der Waals surface area contributed by atoms with Gasteiger partial charge in [-0.25, -0.2) is 4.39 Å². The van der Waals surface area contributed by atoms with Gasteiger partial charge in [0.25, 0.3) is 0 Å². The predicted molar refractivity (Wildman–Crippen MR) is 66.3 cm³/mol. The summed E-state index contributed by atoms with van der Waals surface area (Å²) in [6.07, 6.45) is 1.67. The SMILES string of the molecule is CNCc1occc1-c1c(C)cc(F)cc1C. The van der Waals surface area contributed by atoms with Crippen molar-refractivity contribution in [2.45, 2.75) is 20.4 Å². The van der Waals surface area contributed by atoms with Gasteiger partial charge in [-0.05, 0) is 55.8 Å². The molecule has 90 valence electrons. The molecule has 0 saturated carbocycles. The number of halogens is 1. The highest BCUT2D eigenvalue weighted by molar-refractivity contribution is 5.72. The maximum atomic E-state index is 13.3. The summed E-state index contributed by atoms with van der Waals surface area (Å²) in [6.45, 7) is 4.50. The number of furan rings is 1. The molecule has 17 heavy (non-hydrogen) atoms. The monoisotopic (exact) mass is 233 g/mol. The summed E-state index contributed by atoms with van der Waals surface area (Å²) in [5.41, 5.74) is 3.96. The number of nitrogens with one attached hydrogen (secondary N) is 1. The van der Waals surface area contributed by atoms with Crippen molar-refractivity contribution in [3.63, 3.8) is 0 Å². The van der Waals surface area contributed by atoms with E-state index in [4.69, 9.17) is 4.42 Å². The zero-order valence-electron chi connectivity index (χ0n) is 10.3. The Hall–Kier alpha value is -1.61. The first-order chi connectivity index (χ1) is 8.13. The number of hydrogen-bond acceptors (Lipinski definition) is 2. The average molecular weight is 233 g/mol. The van der Waals surface area contributed by atoms with E-state index in [1.165, 1.54) is 0 Å². The summed E-state index contributed by atoms with van der Waals surface area (Å²) in [7, 11) is 1.87. The summed E-state index contributed by atoms with van der Waals surface area (Å²) < 4.78 is 18.7. The molecule has 0 amide bonds. The lowest BCUT2D eigenvalue weighted by molar-refractivity contribution is 0.496. The molecule has 3 heteroatoms. The van der Waals surface area contributed by atoms with Crippen LogP contribution in [-0.4, -0.2) is 7.05 Å². The van der Waals surface area contributed by atoms with Crippen LogP contribution in [-0.2, 0) is 6.54 Å². The van der Waals surface area contributed by atoms with Crippen molar-refractivity contribution in [2.75, 3.05) is 7.05 Å². The smallest absolute Gasteiger partial charge is 0.125 e. The maximum Gasteiger partial charge on any atom is 0.125 e. The Labute approximate surface area is 100 Å². The minimum absolute atomic E-state index is 0.192. The van der Waals surface area contributed by atoms with E-state index in [0.29, 0.717) is 6.54 Å². The lowest BCUT2D eigenvalue weighted by Gasteiger charge is -2.10. The lowest BCUT2D eigenvalue weighted by Crippen LogP contribution is -2.05. The van der Waals surface area contributed by atoms with Gasteiger partial charge in [-0.2, -0.15) is 0 Å². The minimum atomic E-state index is -0.192. The van der Waals surface area contributed by atoms with Gasteiger partial charge in [0.1, 0.15) is 11.6 Å². The van der Waals surface area contributed by atoms with Crippen LogP contribution in [0.25, 0.3) is 11.1 Å². The Morgan fingerprint density at radius 3 is 2.47 bits per heavy atom. The van der Waals surface area contributed by atoms with Crippen LogP contribution in [0, 0.1) is 19.7 Å².